The summed E-state index contributed by atoms with van der Waals surface area (Å²) in [5.41, 5.74) is -0.411. The molecule has 1 aliphatic heterocycles. The van der Waals surface area contributed by atoms with Crippen LogP contribution in [-0.4, -0.2) is 52.8 Å². The first kappa shape index (κ1) is 15.8. The SMILES string of the molecule is CC1CN(C(=O)NC(C(=O)O)C(C)C)CC(C)(C)O1. The summed E-state index contributed by atoms with van der Waals surface area (Å²) in [4.78, 5) is 24.9. The van der Waals surface area contributed by atoms with Crippen molar-refractivity contribution >= 4 is 12.0 Å². The molecular formula is C13H24N2O4. The summed E-state index contributed by atoms with van der Waals surface area (Å²) in [6, 6.07) is -1.21. The van der Waals surface area contributed by atoms with E-state index in [9.17, 15) is 9.59 Å². The summed E-state index contributed by atoms with van der Waals surface area (Å²) < 4.78 is 5.72. The summed E-state index contributed by atoms with van der Waals surface area (Å²) in [6.07, 6.45) is -0.0585. The number of carbonyl (C=O) groups is 2. The number of carboxylic acid groups (broad SMARTS) is 1. The normalized spacial score (nSPS) is 24.1. The van der Waals surface area contributed by atoms with Crippen LogP contribution in [0.5, 0.6) is 0 Å². The molecule has 0 aromatic rings. The third-order valence-electron chi connectivity index (χ3n) is 3.07. The molecule has 0 aromatic heterocycles. The van der Waals surface area contributed by atoms with Crippen molar-refractivity contribution in [2.24, 2.45) is 5.92 Å². The maximum Gasteiger partial charge on any atom is 0.326 e. The van der Waals surface area contributed by atoms with Crippen LogP contribution >= 0.6 is 0 Å². The van der Waals surface area contributed by atoms with E-state index in [1.54, 1.807) is 18.7 Å². The number of hydrogen-bond donors (Lipinski definition) is 2. The first-order valence-corrected chi connectivity index (χ1v) is 6.58. The maximum atomic E-state index is 12.1. The molecule has 110 valence electrons. The van der Waals surface area contributed by atoms with Gasteiger partial charge in [-0.2, -0.15) is 0 Å². The quantitative estimate of drug-likeness (QED) is 0.811. The number of carboxylic acids is 1. The largest absolute Gasteiger partial charge is 0.480 e. The standard InChI is InChI=1S/C13H24N2O4/c1-8(2)10(11(16)17)14-12(18)15-6-9(3)19-13(4,5)7-15/h8-10H,6-7H2,1-5H3,(H,14,18)(H,16,17). The molecule has 0 spiro atoms. The molecule has 19 heavy (non-hydrogen) atoms. The number of carbonyl (C=O) groups excluding carboxylic acids is 1. The summed E-state index contributed by atoms with van der Waals surface area (Å²) in [5.74, 6) is -1.17. The Morgan fingerprint density at radius 1 is 1.42 bits per heavy atom. The zero-order chi connectivity index (χ0) is 14.8. The monoisotopic (exact) mass is 272 g/mol. The molecule has 6 heteroatoms. The van der Waals surface area contributed by atoms with Gasteiger partial charge >= 0.3 is 12.0 Å². The van der Waals surface area contributed by atoms with Crippen LogP contribution in [0.4, 0.5) is 4.79 Å². The lowest BCUT2D eigenvalue weighted by Gasteiger charge is -2.42. The number of amides is 2. The van der Waals surface area contributed by atoms with Crippen molar-refractivity contribution in [2.75, 3.05) is 13.1 Å². The molecule has 1 fully saturated rings. The lowest BCUT2D eigenvalue weighted by molar-refractivity contribution is -0.140. The van der Waals surface area contributed by atoms with E-state index in [4.69, 9.17) is 9.84 Å². The van der Waals surface area contributed by atoms with Crippen molar-refractivity contribution in [3.05, 3.63) is 0 Å². The molecule has 0 bridgehead atoms. The van der Waals surface area contributed by atoms with Crippen molar-refractivity contribution < 1.29 is 19.4 Å². The highest BCUT2D eigenvalue weighted by Crippen LogP contribution is 2.20. The minimum atomic E-state index is -1.01. The van der Waals surface area contributed by atoms with Gasteiger partial charge in [0.05, 0.1) is 18.2 Å². The zero-order valence-corrected chi connectivity index (χ0v) is 12.3. The summed E-state index contributed by atoms with van der Waals surface area (Å²) in [5, 5.41) is 11.7. The van der Waals surface area contributed by atoms with Crippen LogP contribution in [0.25, 0.3) is 0 Å². The Balaban J connectivity index is 2.69. The second-order valence-corrected chi connectivity index (χ2v) is 6.08. The molecule has 0 aromatic carbocycles. The molecule has 2 amide bonds. The fraction of sp³-hybridized carbons (Fsp3) is 0.846. The van der Waals surface area contributed by atoms with E-state index in [2.05, 4.69) is 5.32 Å². The smallest absolute Gasteiger partial charge is 0.326 e. The van der Waals surface area contributed by atoms with Gasteiger partial charge in [-0.05, 0) is 26.7 Å². The average Bonchev–Trinajstić information content (AvgIpc) is 2.21. The zero-order valence-electron chi connectivity index (χ0n) is 12.3. The van der Waals surface area contributed by atoms with Crippen LogP contribution in [0.3, 0.4) is 0 Å². The molecule has 0 radical (unpaired) electrons. The van der Waals surface area contributed by atoms with Crippen molar-refractivity contribution in [1.82, 2.24) is 10.2 Å². The fourth-order valence-electron chi connectivity index (χ4n) is 2.35. The molecule has 2 unspecified atom stereocenters. The Morgan fingerprint density at radius 2 is 2.00 bits per heavy atom. The van der Waals surface area contributed by atoms with Crippen LogP contribution in [0.1, 0.15) is 34.6 Å². The number of hydrogen-bond acceptors (Lipinski definition) is 3. The summed E-state index contributed by atoms with van der Waals surface area (Å²) in [7, 11) is 0. The van der Waals surface area contributed by atoms with Crippen LogP contribution in [0.15, 0.2) is 0 Å². The van der Waals surface area contributed by atoms with E-state index in [-0.39, 0.29) is 18.1 Å². The van der Waals surface area contributed by atoms with E-state index in [0.717, 1.165) is 0 Å². The van der Waals surface area contributed by atoms with E-state index < -0.39 is 17.6 Å². The highest BCUT2D eigenvalue weighted by molar-refractivity contribution is 5.82. The van der Waals surface area contributed by atoms with Gasteiger partial charge in [-0.15, -0.1) is 0 Å². The lowest BCUT2D eigenvalue weighted by atomic mass is 10.0. The molecule has 0 saturated carbocycles. The van der Waals surface area contributed by atoms with Gasteiger partial charge in [-0.1, -0.05) is 13.8 Å². The first-order valence-electron chi connectivity index (χ1n) is 6.58. The number of urea groups is 1. The van der Waals surface area contributed by atoms with E-state index >= 15 is 0 Å². The summed E-state index contributed by atoms with van der Waals surface area (Å²) in [6.45, 7) is 10.2. The summed E-state index contributed by atoms with van der Waals surface area (Å²) >= 11 is 0. The van der Waals surface area contributed by atoms with Gasteiger partial charge < -0.3 is 20.1 Å². The van der Waals surface area contributed by atoms with Crippen molar-refractivity contribution in [1.29, 1.82) is 0 Å². The Morgan fingerprint density at radius 3 is 2.42 bits per heavy atom. The van der Waals surface area contributed by atoms with Crippen LogP contribution in [-0.2, 0) is 9.53 Å². The molecule has 1 saturated heterocycles. The maximum absolute atomic E-state index is 12.1. The molecule has 2 atom stereocenters. The third-order valence-corrected chi connectivity index (χ3v) is 3.07. The Labute approximate surface area is 114 Å². The van der Waals surface area contributed by atoms with Gasteiger partial charge in [-0.3, -0.25) is 0 Å². The topological polar surface area (TPSA) is 78.9 Å². The minimum absolute atomic E-state index is 0.0585. The number of aliphatic carboxylic acids is 1. The van der Waals surface area contributed by atoms with Crippen LogP contribution < -0.4 is 5.32 Å². The number of ether oxygens (including phenoxy) is 1. The molecule has 2 N–H and O–H groups in total. The number of rotatable bonds is 3. The second kappa shape index (κ2) is 5.77. The molecule has 6 nitrogen and oxygen atoms in total. The third kappa shape index (κ3) is 4.38. The van der Waals surface area contributed by atoms with Gasteiger partial charge in [0.25, 0.3) is 0 Å². The van der Waals surface area contributed by atoms with E-state index in [1.807, 2.05) is 20.8 Å². The van der Waals surface area contributed by atoms with E-state index in [1.165, 1.54) is 0 Å². The fourth-order valence-corrected chi connectivity index (χ4v) is 2.35. The van der Waals surface area contributed by atoms with Crippen LogP contribution in [0, 0.1) is 5.92 Å². The van der Waals surface area contributed by atoms with Gasteiger partial charge in [0.1, 0.15) is 6.04 Å². The first-order chi connectivity index (χ1) is 8.62. The Bertz CT molecular complexity index is 355. The second-order valence-electron chi connectivity index (χ2n) is 6.08. The molecular weight excluding hydrogens is 248 g/mol. The number of nitrogens with one attached hydrogen (secondary N) is 1. The van der Waals surface area contributed by atoms with Crippen molar-refractivity contribution in [3.63, 3.8) is 0 Å². The Hall–Kier alpha value is -1.30. The molecule has 1 rings (SSSR count). The Kier molecular flexibility index (Phi) is 4.79. The number of morpholine rings is 1. The van der Waals surface area contributed by atoms with E-state index in [0.29, 0.717) is 13.1 Å². The van der Waals surface area contributed by atoms with Gasteiger partial charge in [0.2, 0.25) is 0 Å². The molecule has 1 heterocycles. The highest BCUT2D eigenvalue weighted by Gasteiger charge is 2.35. The van der Waals surface area contributed by atoms with Gasteiger partial charge in [0, 0.05) is 6.54 Å². The van der Waals surface area contributed by atoms with Gasteiger partial charge in [-0.25, -0.2) is 9.59 Å². The number of nitrogens with zero attached hydrogens (tertiary/aromatic N) is 1. The predicted molar refractivity (Wildman–Crippen MR) is 71.0 cm³/mol. The average molecular weight is 272 g/mol. The van der Waals surface area contributed by atoms with Crippen molar-refractivity contribution in [3.8, 4) is 0 Å². The van der Waals surface area contributed by atoms with Crippen LogP contribution in [0.2, 0.25) is 0 Å². The molecule has 1 aliphatic rings. The molecule has 0 aliphatic carbocycles. The lowest BCUT2D eigenvalue weighted by Crippen LogP contribution is -2.58. The predicted octanol–water partition coefficient (Wildman–Crippen LogP) is 1.30. The highest BCUT2D eigenvalue weighted by atomic mass is 16.5. The minimum Gasteiger partial charge on any atom is -0.480 e. The van der Waals surface area contributed by atoms with Crippen molar-refractivity contribution in [2.45, 2.75) is 52.4 Å². The van der Waals surface area contributed by atoms with Gasteiger partial charge in [0.15, 0.2) is 0 Å².